The van der Waals surface area contributed by atoms with Crippen molar-refractivity contribution in [2.24, 2.45) is 11.7 Å². The molecule has 0 spiro atoms. The molecule has 2 atom stereocenters. The van der Waals surface area contributed by atoms with Crippen LogP contribution in [0.1, 0.15) is 32.1 Å². The average molecular weight is 616 g/mol. The van der Waals surface area contributed by atoms with Crippen LogP contribution < -0.4 is 5.73 Å². The molecule has 0 radical (unpaired) electrons. The Morgan fingerprint density at radius 2 is 1.05 bits per heavy atom. The van der Waals surface area contributed by atoms with Crippen molar-refractivity contribution in [3.63, 3.8) is 0 Å². The van der Waals surface area contributed by atoms with Crippen LogP contribution in [0.15, 0.2) is 0 Å². The number of carbonyl (C=O) groups excluding carboxylic acids is 1. The summed E-state index contributed by atoms with van der Waals surface area (Å²) in [5, 5.41) is -2.45. The summed E-state index contributed by atoms with van der Waals surface area (Å²) in [6, 6.07) is -1.76. The van der Waals surface area contributed by atoms with Crippen molar-refractivity contribution >= 4 is 16.0 Å². The van der Waals surface area contributed by atoms with Gasteiger partial charge in [0.15, 0.2) is 0 Å². The Kier molecular flexibility index (Phi) is 11.0. The molecule has 1 amide bonds. The van der Waals surface area contributed by atoms with Crippen molar-refractivity contribution in [1.82, 2.24) is 4.90 Å². The summed E-state index contributed by atoms with van der Waals surface area (Å²) < 4.78 is 218. The SMILES string of the molecule is CN(C)C(CC(N)=O)C(CCC(CC(F)(C(F)(F)F)C(F)(F)F)CC(F)(C(F)(F)F)C(F)(F)F)S(=O)(=O)O. The minimum Gasteiger partial charge on any atom is -0.370 e. The monoisotopic (exact) mass is 616 g/mol. The first-order chi connectivity index (χ1) is 16.4. The van der Waals surface area contributed by atoms with Crippen LogP contribution in [0.2, 0.25) is 0 Å². The van der Waals surface area contributed by atoms with E-state index in [-0.39, 0.29) is 0 Å². The zero-order valence-corrected chi connectivity index (χ0v) is 20.0. The van der Waals surface area contributed by atoms with E-state index >= 15 is 0 Å². The number of hydrogen-bond acceptors (Lipinski definition) is 4. The molecule has 0 fully saturated rings. The fourth-order valence-corrected chi connectivity index (χ4v) is 4.82. The summed E-state index contributed by atoms with van der Waals surface area (Å²) in [6.07, 6.45) is -38.6. The van der Waals surface area contributed by atoms with Gasteiger partial charge in [0.05, 0.1) is 0 Å². The molecular formula is C17H22F14N2O4S. The van der Waals surface area contributed by atoms with E-state index in [2.05, 4.69) is 0 Å². The Morgan fingerprint density at radius 1 is 0.737 bits per heavy atom. The molecule has 38 heavy (non-hydrogen) atoms. The molecule has 0 heterocycles. The highest BCUT2D eigenvalue weighted by atomic mass is 32.2. The maximum Gasteiger partial charge on any atom is 0.431 e. The Labute approximate surface area is 206 Å². The Bertz CT molecular complexity index is 844. The van der Waals surface area contributed by atoms with Gasteiger partial charge in [-0.05, 0) is 32.9 Å². The van der Waals surface area contributed by atoms with E-state index in [9.17, 15) is 79.2 Å². The second-order valence-electron chi connectivity index (χ2n) is 8.70. The average Bonchev–Trinajstić information content (AvgIpc) is 2.61. The number of primary amides is 1. The van der Waals surface area contributed by atoms with E-state index in [0.29, 0.717) is 0 Å². The summed E-state index contributed by atoms with van der Waals surface area (Å²) in [6.45, 7) is 0. The third kappa shape index (κ3) is 8.43. The minimum atomic E-state index is -6.96. The lowest BCUT2D eigenvalue weighted by Crippen LogP contribution is -2.57. The van der Waals surface area contributed by atoms with Gasteiger partial charge in [-0.1, -0.05) is 0 Å². The molecule has 2 unspecified atom stereocenters. The second kappa shape index (κ2) is 11.5. The van der Waals surface area contributed by atoms with E-state index in [1.165, 1.54) is 0 Å². The smallest absolute Gasteiger partial charge is 0.370 e. The van der Waals surface area contributed by atoms with Crippen molar-refractivity contribution in [1.29, 1.82) is 0 Å². The maximum absolute atomic E-state index is 14.3. The quantitative estimate of drug-likeness (QED) is 0.240. The van der Waals surface area contributed by atoms with Crippen molar-refractivity contribution in [2.75, 3.05) is 14.1 Å². The fourth-order valence-electron chi connectivity index (χ4n) is 3.65. The van der Waals surface area contributed by atoms with Crippen LogP contribution in [0, 0.1) is 5.92 Å². The van der Waals surface area contributed by atoms with Gasteiger partial charge in [-0.3, -0.25) is 9.35 Å². The third-order valence-electron chi connectivity index (χ3n) is 5.68. The largest absolute Gasteiger partial charge is 0.431 e. The van der Waals surface area contributed by atoms with Crippen LogP contribution in [0.5, 0.6) is 0 Å². The van der Waals surface area contributed by atoms with Gasteiger partial charge < -0.3 is 10.6 Å². The van der Waals surface area contributed by atoms with Crippen LogP contribution in [0.3, 0.4) is 0 Å². The van der Waals surface area contributed by atoms with Gasteiger partial charge in [-0.15, -0.1) is 0 Å². The Morgan fingerprint density at radius 3 is 1.26 bits per heavy atom. The number of amides is 1. The predicted octanol–water partition coefficient (Wildman–Crippen LogP) is 4.89. The van der Waals surface area contributed by atoms with Crippen LogP contribution in [-0.4, -0.2) is 85.2 Å². The van der Waals surface area contributed by atoms with Crippen molar-refractivity contribution in [3.05, 3.63) is 0 Å². The minimum absolute atomic E-state index is 0.827. The highest BCUT2D eigenvalue weighted by Gasteiger charge is 2.75. The maximum atomic E-state index is 14.3. The number of nitrogens with zero attached hydrogens (tertiary/aromatic N) is 1. The molecule has 0 saturated carbocycles. The molecule has 0 aromatic heterocycles. The number of rotatable bonds is 12. The molecule has 3 N–H and O–H groups in total. The molecule has 21 heteroatoms. The Balaban J connectivity index is 6.83. The molecule has 0 saturated heterocycles. The second-order valence-corrected chi connectivity index (χ2v) is 10.3. The first-order valence-electron chi connectivity index (χ1n) is 9.98. The fraction of sp³-hybridized carbons (Fsp3) is 0.941. The van der Waals surface area contributed by atoms with Crippen molar-refractivity contribution in [3.8, 4) is 0 Å². The number of halogens is 14. The molecule has 0 aliphatic rings. The number of nitrogens with two attached hydrogens (primary N) is 1. The zero-order chi connectivity index (χ0) is 30.9. The molecule has 6 nitrogen and oxygen atoms in total. The van der Waals surface area contributed by atoms with E-state index in [4.69, 9.17) is 5.73 Å². The molecule has 0 aromatic carbocycles. The topological polar surface area (TPSA) is 101 Å². The number of hydrogen-bond donors (Lipinski definition) is 2. The van der Waals surface area contributed by atoms with E-state index in [1.54, 1.807) is 0 Å². The molecule has 0 aromatic rings. The molecule has 0 aliphatic carbocycles. The van der Waals surface area contributed by atoms with Gasteiger partial charge in [0.25, 0.3) is 21.5 Å². The molecule has 0 bridgehead atoms. The van der Waals surface area contributed by atoms with Crippen LogP contribution in [-0.2, 0) is 14.9 Å². The third-order valence-corrected chi connectivity index (χ3v) is 7.00. The van der Waals surface area contributed by atoms with Gasteiger partial charge in [0.2, 0.25) is 5.91 Å². The standard InChI is InChI=1S/C17H22F14N2O4S/c1-33(2)9(5-11(32)34)10(38(35,36)37)4-3-8(6-12(18,14(20,21)22)15(23,24)25)7-13(19,16(26,27)28)17(29,30)31/h8-10H,3-7H2,1-2H3,(H2,32,34)(H,35,36,37). The lowest BCUT2D eigenvalue weighted by Gasteiger charge is -2.37. The number of alkyl halides is 14. The highest BCUT2D eigenvalue weighted by molar-refractivity contribution is 7.86. The Hall–Kier alpha value is -1.64. The van der Waals surface area contributed by atoms with Crippen LogP contribution in [0.4, 0.5) is 61.5 Å². The van der Waals surface area contributed by atoms with Gasteiger partial charge in [0.1, 0.15) is 5.25 Å². The molecule has 228 valence electrons. The lowest BCUT2D eigenvalue weighted by atomic mass is 9.79. The van der Waals surface area contributed by atoms with Crippen LogP contribution >= 0.6 is 0 Å². The summed E-state index contributed by atoms with van der Waals surface area (Å²) in [4.78, 5) is 12.0. The van der Waals surface area contributed by atoms with E-state index in [0.717, 1.165) is 19.0 Å². The lowest BCUT2D eigenvalue weighted by molar-refractivity contribution is -0.356. The predicted molar refractivity (Wildman–Crippen MR) is 100 cm³/mol. The molecular weight excluding hydrogens is 594 g/mol. The van der Waals surface area contributed by atoms with Crippen LogP contribution in [0.25, 0.3) is 0 Å². The summed E-state index contributed by atoms with van der Waals surface area (Å²) in [5.74, 6) is -4.71. The first kappa shape index (κ1) is 36.4. The van der Waals surface area contributed by atoms with Gasteiger partial charge in [-0.2, -0.15) is 61.1 Å². The first-order valence-corrected chi connectivity index (χ1v) is 11.5. The summed E-state index contributed by atoms with van der Waals surface area (Å²) >= 11 is 0. The zero-order valence-electron chi connectivity index (χ0n) is 19.2. The van der Waals surface area contributed by atoms with Gasteiger partial charge >= 0.3 is 24.7 Å². The van der Waals surface area contributed by atoms with Crippen molar-refractivity contribution in [2.45, 2.75) is 79.4 Å². The highest BCUT2D eigenvalue weighted by Crippen LogP contribution is 2.55. The normalized spacial score (nSPS) is 16.7. The van der Waals surface area contributed by atoms with E-state index < -0.39 is 101 Å². The summed E-state index contributed by atoms with van der Waals surface area (Å²) in [5.41, 5.74) is -7.99. The van der Waals surface area contributed by atoms with E-state index in [1.807, 2.05) is 0 Å². The van der Waals surface area contributed by atoms with Crippen molar-refractivity contribution < 1.29 is 79.2 Å². The number of carbonyl (C=O) groups is 1. The molecule has 0 aliphatic heterocycles. The van der Waals surface area contributed by atoms with Gasteiger partial charge in [-0.25, -0.2) is 8.78 Å². The van der Waals surface area contributed by atoms with Gasteiger partial charge in [0, 0.05) is 25.3 Å². The summed E-state index contributed by atoms with van der Waals surface area (Å²) in [7, 11) is -3.44. The molecule has 0 rings (SSSR count).